The number of halogens is 1. The van der Waals surface area contributed by atoms with E-state index in [-0.39, 0.29) is 40.9 Å². The van der Waals surface area contributed by atoms with E-state index in [1.54, 1.807) is 0 Å². The second-order valence-electron chi connectivity index (χ2n) is 15.1. The molecule has 4 aliphatic carbocycles. The zero-order valence-corrected chi connectivity index (χ0v) is 30.6. The average Bonchev–Trinajstić information content (AvgIpc) is 3.30. The fourth-order valence-electron chi connectivity index (χ4n) is 9.58. The van der Waals surface area contributed by atoms with Gasteiger partial charge in [-0.1, -0.05) is 83.8 Å². The minimum absolute atomic E-state index is 0. The Balaban J connectivity index is 0.00000506. The van der Waals surface area contributed by atoms with Crippen molar-refractivity contribution >= 4 is 11.9 Å². The van der Waals surface area contributed by atoms with Gasteiger partial charge in [0.05, 0.1) is 19.6 Å². The van der Waals surface area contributed by atoms with Crippen molar-refractivity contribution < 1.29 is 47.5 Å². The number of Topliss-reactive ketones (excluding diaryl/α,β-unsaturated/α-hetero) is 1. The molecule has 248 valence electrons. The molecule has 0 amide bonds. The Bertz CT molecular complexity index is 932. The summed E-state index contributed by atoms with van der Waals surface area (Å²) in [6.07, 6.45) is 23.3. The molecule has 0 N–H and O–H groups in total. The van der Waals surface area contributed by atoms with Crippen LogP contribution in [0.4, 0.5) is 4.79 Å². The lowest BCUT2D eigenvalue weighted by molar-refractivity contribution is -0.940. The lowest BCUT2D eigenvalue weighted by Gasteiger charge is -2.56. The van der Waals surface area contributed by atoms with Crippen LogP contribution in [0.25, 0.3) is 0 Å². The number of hydrogen-bond donors (Lipinski definition) is 0. The average molecular weight is 714 g/mol. The lowest BCUT2D eigenvalue weighted by Crippen LogP contribution is -3.00. The summed E-state index contributed by atoms with van der Waals surface area (Å²) in [5.74, 6) is 2.36. The molecule has 0 aliphatic heterocycles. The summed E-state index contributed by atoms with van der Waals surface area (Å²) in [6, 6.07) is 0. The molecule has 0 heterocycles. The van der Waals surface area contributed by atoms with Crippen LogP contribution in [-0.4, -0.2) is 48.9 Å². The lowest BCUT2D eigenvalue weighted by atomic mass is 9.48. The van der Waals surface area contributed by atoms with Crippen molar-refractivity contribution in [3.63, 3.8) is 0 Å². The molecule has 0 spiro atoms. The number of unbranched alkanes of at least 4 members (excludes halogenated alkanes) is 9. The molecule has 0 aromatic heterocycles. The van der Waals surface area contributed by atoms with E-state index >= 15 is 0 Å². The molecule has 6 heteroatoms. The van der Waals surface area contributed by atoms with Gasteiger partial charge in [0.2, 0.25) is 6.73 Å². The van der Waals surface area contributed by atoms with Crippen LogP contribution in [0.15, 0.2) is 11.6 Å². The summed E-state index contributed by atoms with van der Waals surface area (Å²) in [5.41, 5.74) is 1.60. The van der Waals surface area contributed by atoms with Gasteiger partial charge in [0.15, 0.2) is 0 Å². The molecule has 0 bridgehead atoms. The van der Waals surface area contributed by atoms with Crippen LogP contribution < -0.4 is 24.0 Å². The van der Waals surface area contributed by atoms with Crippen molar-refractivity contribution in [3.05, 3.63) is 11.6 Å². The molecule has 0 aromatic rings. The highest BCUT2D eigenvalue weighted by Gasteiger charge is 2.58. The number of ether oxygens (including phenoxy) is 2. The Hall–Kier alpha value is -0.630. The van der Waals surface area contributed by atoms with Crippen molar-refractivity contribution in [1.82, 2.24) is 0 Å². The van der Waals surface area contributed by atoms with E-state index in [0.717, 1.165) is 75.5 Å². The van der Waals surface area contributed by atoms with Crippen LogP contribution >= 0.6 is 0 Å². The number of fused-ring (bicyclic) bond motifs is 5. The van der Waals surface area contributed by atoms with Crippen molar-refractivity contribution in [1.29, 1.82) is 0 Å². The minimum atomic E-state index is -0.483. The fourth-order valence-corrected chi connectivity index (χ4v) is 9.58. The second kappa shape index (κ2) is 16.8. The Morgan fingerprint density at radius 3 is 2.12 bits per heavy atom. The summed E-state index contributed by atoms with van der Waals surface area (Å²) < 4.78 is 12.6. The van der Waals surface area contributed by atoms with Gasteiger partial charge in [-0.2, -0.15) is 0 Å². The van der Waals surface area contributed by atoms with Gasteiger partial charge in [0, 0.05) is 18.3 Å². The molecule has 0 aromatic carbocycles. The van der Waals surface area contributed by atoms with Gasteiger partial charge in [-0.25, -0.2) is 4.79 Å². The zero-order chi connectivity index (χ0) is 30.2. The van der Waals surface area contributed by atoms with Crippen LogP contribution in [-0.2, 0) is 14.3 Å². The maximum absolute atomic E-state index is 12.9. The Labute approximate surface area is 281 Å². The van der Waals surface area contributed by atoms with E-state index in [0.29, 0.717) is 30.3 Å². The Kier molecular flexibility index (Phi) is 14.4. The third kappa shape index (κ3) is 8.60. The number of rotatable bonds is 16. The Morgan fingerprint density at radius 1 is 0.860 bits per heavy atom. The van der Waals surface area contributed by atoms with Crippen molar-refractivity contribution in [3.8, 4) is 0 Å². The van der Waals surface area contributed by atoms with Crippen LogP contribution in [0.3, 0.4) is 0 Å². The minimum Gasteiger partial charge on any atom is -1.00 e. The van der Waals surface area contributed by atoms with Gasteiger partial charge in [-0.05, 0) is 88.4 Å². The normalized spacial score (nSPS) is 31.7. The van der Waals surface area contributed by atoms with Crippen molar-refractivity contribution in [2.24, 2.45) is 28.6 Å². The number of carbonyl (C=O) groups excluding carboxylic acids is 2. The largest absolute Gasteiger partial charge is 1.00 e. The molecular formula is C37H64INO4. The van der Waals surface area contributed by atoms with E-state index in [1.165, 1.54) is 69.8 Å². The number of allylic oxidation sites excluding steroid dienone is 1. The van der Waals surface area contributed by atoms with Gasteiger partial charge in [-0.3, -0.25) is 9.28 Å². The number of hydrogen-bond acceptors (Lipinski definition) is 4. The molecule has 0 radical (unpaired) electrons. The molecule has 4 aliphatic rings. The first kappa shape index (κ1) is 36.8. The Morgan fingerprint density at radius 2 is 1.47 bits per heavy atom. The summed E-state index contributed by atoms with van der Waals surface area (Å²) in [5, 5.41) is 0. The zero-order valence-electron chi connectivity index (χ0n) is 28.4. The third-order valence-corrected chi connectivity index (χ3v) is 12.8. The molecule has 5 nitrogen and oxygen atoms in total. The SMILES string of the molecule is CCCCCCCCCCCC[N+](CC)(CC)COC(=O)O[C@H]1CC[C@@]2(C)C(=CC[C@@H]3[C@@H]2CC[C@]2(C)C(=O)CC[C@@H]32)C1.[I-]. The number of carbonyl (C=O) groups is 2. The van der Waals surface area contributed by atoms with Crippen LogP contribution in [0.1, 0.15) is 150 Å². The predicted molar refractivity (Wildman–Crippen MR) is 171 cm³/mol. The number of ketones is 1. The van der Waals surface area contributed by atoms with Crippen LogP contribution in [0.2, 0.25) is 0 Å². The van der Waals surface area contributed by atoms with Crippen LogP contribution in [0, 0.1) is 28.6 Å². The quantitative estimate of drug-likeness (QED) is 0.0443. The highest BCUT2D eigenvalue weighted by molar-refractivity contribution is 5.87. The molecule has 3 saturated carbocycles. The van der Waals surface area contributed by atoms with Crippen molar-refractivity contribution in [2.45, 2.75) is 156 Å². The number of quaternary nitrogens is 1. The van der Waals surface area contributed by atoms with E-state index in [4.69, 9.17) is 9.47 Å². The monoisotopic (exact) mass is 713 g/mol. The molecule has 0 saturated heterocycles. The maximum Gasteiger partial charge on any atom is 0.512 e. The number of nitrogens with zero attached hydrogens (tertiary/aromatic N) is 1. The van der Waals surface area contributed by atoms with E-state index in [1.807, 2.05) is 0 Å². The summed E-state index contributed by atoms with van der Waals surface area (Å²) >= 11 is 0. The topological polar surface area (TPSA) is 52.6 Å². The predicted octanol–water partition coefficient (Wildman–Crippen LogP) is 6.78. The van der Waals surface area contributed by atoms with Gasteiger partial charge < -0.3 is 33.5 Å². The summed E-state index contributed by atoms with van der Waals surface area (Å²) in [6.45, 7) is 14.9. The first-order chi connectivity index (χ1) is 20.2. The first-order valence-electron chi connectivity index (χ1n) is 18.1. The van der Waals surface area contributed by atoms with Gasteiger partial charge >= 0.3 is 6.16 Å². The summed E-state index contributed by atoms with van der Waals surface area (Å²) in [4.78, 5) is 25.6. The van der Waals surface area contributed by atoms with Gasteiger partial charge in [-0.15, -0.1) is 0 Å². The first-order valence-corrected chi connectivity index (χ1v) is 18.1. The van der Waals surface area contributed by atoms with Gasteiger partial charge in [0.1, 0.15) is 11.9 Å². The molecular weight excluding hydrogens is 649 g/mol. The molecule has 43 heavy (non-hydrogen) atoms. The molecule has 6 atom stereocenters. The van der Waals surface area contributed by atoms with Gasteiger partial charge in [0.25, 0.3) is 0 Å². The standard InChI is InChI=1S/C37H64NO4.HI/c1-6-9-10-11-12-13-14-15-16-17-26-38(7-2,8-3)28-41-35(40)42-30-22-24-36(4)29(27-30)18-19-31-32-20-21-34(39)37(32,5)25-23-33(31)36;/h18,30-33H,6-17,19-28H2,1-5H3;1H/q+1;/p-1/t30-,31-,32-,33-,36-,37-;/m0./s1. The van der Waals surface area contributed by atoms with Crippen LogP contribution in [0.5, 0.6) is 0 Å². The maximum atomic E-state index is 12.9. The fraction of sp³-hybridized carbons (Fsp3) is 0.892. The molecule has 4 rings (SSSR count). The van der Waals surface area contributed by atoms with E-state index in [9.17, 15) is 9.59 Å². The third-order valence-electron chi connectivity index (χ3n) is 12.8. The smallest absolute Gasteiger partial charge is 0.512 e. The molecule has 0 unspecified atom stereocenters. The second-order valence-corrected chi connectivity index (χ2v) is 15.1. The van der Waals surface area contributed by atoms with Crippen molar-refractivity contribution in [2.75, 3.05) is 26.4 Å². The van der Waals surface area contributed by atoms with E-state index < -0.39 is 6.16 Å². The molecule has 3 fully saturated rings. The van der Waals surface area contributed by atoms with E-state index in [2.05, 4.69) is 40.7 Å². The summed E-state index contributed by atoms with van der Waals surface area (Å²) in [7, 11) is 0. The highest BCUT2D eigenvalue weighted by Crippen LogP contribution is 2.64. The highest BCUT2D eigenvalue weighted by atomic mass is 127.